The number of carbonyl (C=O) groups excluding carboxylic acids is 2. The molecule has 8 heteroatoms. The summed E-state index contributed by atoms with van der Waals surface area (Å²) in [5.74, 6) is 4.84. The number of rotatable bonds is 5. The first-order chi connectivity index (χ1) is 15.0. The number of nitrogens with two attached hydrogens (primary N) is 2. The number of anilines is 1. The zero-order valence-electron chi connectivity index (χ0n) is 18.1. The molecule has 164 valence electrons. The molecule has 1 aliphatic heterocycles. The molecule has 0 bridgehead atoms. The van der Waals surface area contributed by atoms with Gasteiger partial charge in [-0.1, -0.05) is 30.2 Å². The smallest absolute Gasteiger partial charge is 0.298 e. The molecular weight excluding hydrogens is 394 g/mol. The van der Waals surface area contributed by atoms with Crippen molar-refractivity contribution < 1.29 is 14.3 Å². The molecule has 0 aliphatic carbocycles. The highest BCUT2D eigenvalue weighted by Crippen LogP contribution is 2.32. The monoisotopic (exact) mass is 423 g/mol. The maximum absolute atomic E-state index is 12.2. The van der Waals surface area contributed by atoms with Crippen molar-refractivity contribution in [3.63, 3.8) is 0 Å². The normalized spacial score (nSPS) is 15.0. The van der Waals surface area contributed by atoms with Crippen LogP contribution in [-0.2, 0) is 16.1 Å². The first kappa shape index (κ1) is 22.4. The van der Waals surface area contributed by atoms with Crippen molar-refractivity contribution in [2.75, 3.05) is 25.9 Å². The second-order valence-electron chi connectivity index (χ2n) is 7.65. The molecule has 1 aromatic carbocycles. The average Bonchev–Trinajstić information content (AvgIpc) is 3.06. The Bertz CT molecular complexity index is 991. The van der Waals surface area contributed by atoms with Crippen molar-refractivity contribution in [1.29, 1.82) is 0 Å². The number of nitrogen functional groups attached to an aromatic ring is 1. The van der Waals surface area contributed by atoms with Crippen molar-refractivity contribution in [1.82, 2.24) is 14.7 Å². The largest absolute Gasteiger partial charge is 0.383 e. The molecule has 0 saturated carbocycles. The number of hydrogen-bond acceptors (Lipinski definition) is 5. The molecule has 1 saturated heterocycles. The predicted octanol–water partition coefficient (Wildman–Crippen LogP) is 2.34. The number of likely N-dealkylation sites (tertiary alicyclic amines) is 1. The standard InChI is InChI=1S/C23H29N5O3/c1-3-6-19(29)27-13-4-7-18(8-5-14-27)28-22(24)20(23(25)30)21(26-28)17-11-9-16(10-12-17)15-31-2/h9-12,18H,4-5,7-8,13-15,24H2,1-2H3,(H2,25,30). The summed E-state index contributed by atoms with van der Waals surface area (Å²) < 4.78 is 6.89. The molecule has 3 rings (SSSR count). The number of benzene rings is 1. The van der Waals surface area contributed by atoms with Gasteiger partial charge < -0.3 is 21.1 Å². The molecule has 2 aromatic rings. The number of aromatic nitrogens is 2. The van der Waals surface area contributed by atoms with Crippen molar-refractivity contribution >= 4 is 17.6 Å². The van der Waals surface area contributed by atoms with Crippen LogP contribution in [0.5, 0.6) is 0 Å². The molecule has 1 aliphatic rings. The highest BCUT2D eigenvalue weighted by Gasteiger charge is 2.26. The number of ether oxygens (including phenoxy) is 1. The fourth-order valence-corrected chi connectivity index (χ4v) is 4.02. The van der Waals surface area contributed by atoms with E-state index in [1.165, 1.54) is 0 Å². The Labute approximate surface area is 182 Å². The summed E-state index contributed by atoms with van der Waals surface area (Å²) in [7, 11) is 1.64. The third kappa shape index (κ3) is 5.06. The van der Waals surface area contributed by atoms with Crippen LogP contribution in [0.25, 0.3) is 11.3 Å². The van der Waals surface area contributed by atoms with Gasteiger partial charge in [0.25, 0.3) is 11.8 Å². The van der Waals surface area contributed by atoms with Crippen LogP contribution in [0.15, 0.2) is 24.3 Å². The van der Waals surface area contributed by atoms with E-state index in [9.17, 15) is 9.59 Å². The summed E-state index contributed by atoms with van der Waals surface area (Å²) in [6, 6.07) is 7.68. The molecule has 0 unspecified atom stereocenters. The van der Waals surface area contributed by atoms with Gasteiger partial charge in [0.2, 0.25) is 0 Å². The Kier molecular flexibility index (Phi) is 7.32. The minimum atomic E-state index is -0.597. The van der Waals surface area contributed by atoms with Crippen molar-refractivity contribution in [3.8, 4) is 23.1 Å². The molecule has 0 atom stereocenters. The third-order valence-corrected chi connectivity index (χ3v) is 5.53. The van der Waals surface area contributed by atoms with E-state index in [0.29, 0.717) is 31.2 Å². The van der Waals surface area contributed by atoms with Gasteiger partial charge in [-0.2, -0.15) is 5.10 Å². The number of hydrogen-bond donors (Lipinski definition) is 2. The SMILES string of the molecule is CC#CC(=O)N1CCCC(n2nc(-c3ccc(COC)cc3)c(C(N)=O)c2N)CCC1. The zero-order chi connectivity index (χ0) is 22.4. The van der Waals surface area contributed by atoms with Gasteiger partial charge in [-0.15, -0.1) is 0 Å². The zero-order valence-corrected chi connectivity index (χ0v) is 18.1. The van der Waals surface area contributed by atoms with Crippen LogP contribution in [-0.4, -0.2) is 46.7 Å². The van der Waals surface area contributed by atoms with Gasteiger partial charge >= 0.3 is 0 Å². The van der Waals surface area contributed by atoms with E-state index < -0.39 is 5.91 Å². The molecule has 0 spiro atoms. The van der Waals surface area contributed by atoms with E-state index in [-0.39, 0.29) is 17.5 Å². The van der Waals surface area contributed by atoms with Crippen LogP contribution in [0.2, 0.25) is 0 Å². The number of carbonyl (C=O) groups is 2. The molecule has 1 aromatic heterocycles. The van der Waals surface area contributed by atoms with E-state index in [1.807, 2.05) is 24.3 Å². The summed E-state index contributed by atoms with van der Waals surface area (Å²) >= 11 is 0. The summed E-state index contributed by atoms with van der Waals surface area (Å²) in [5.41, 5.74) is 14.5. The second-order valence-corrected chi connectivity index (χ2v) is 7.65. The van der Waals surface area contributed by atoms with Crippen LogP contribution in [0.3, 0.4) is 0 Å². The fraction of sp³-hybridized carbons (Fsp3) is 0.435. The van der Waals surface area contributed by atoms with Crippen molar-refractivity contribution in [3.05, 3.63) is 35.4 Å². The first-order valence-corrected chi connectivity index (χ1v) is 10.4. The lowest BCUT2D eigenvalue weighted by molar-refractivity contribution is -0.125. The minimum Gasteiger partial charge on any atom is -0.383 e. The van der Waals surface area contributed by atoms with Crippen LogP contribution in [0.4, 0.5) is 5.82 Å². The second kappa shape index (κ2) is 10.1. The lowest BCUT2D eigenvalue weighted by Gasteiger charge is -2.27. The summed E-state index contributed by atoms with van der Waals surface area (Å²) in [6.45, 7) is 3.45. The maximum atomic E-state index is 12.2. The van der Waals surface area contributed by atoms with Crippen LogP contribution in [0, 0.1) is 11.8 Å². The third-order valence-electron chi connectivity index (χ3n) is 5.53. The van der Waals surface area contributed by atoms with Gasteiger partial charge in [-0.3, -0.25) is 9.59 Å². The number of amides is 2. The van der Waals surface area contributed by atoms with Crippen LogP contribution >= 0.6 is 0 Å². The Hall–Kier alpha value is -3.31. The highest BCUT2D eigenvalue weighted by atomic mass is 16.5. The summed E-state index contributed by atoms with van der Waals surface area (Å²) in [4.78, 5) is 26.1. The summed E-state index contributed by atoms with van der Waals surface area (Å²) in [5, 5.41) is 4.71. The average molecular weight is 424 g/mol. The van der Waals surface area contributed by atoms with Gasteiger partial charge in [0.05, 0.1) is 12.6 Å². The van der Waals surface area contributed by atoms with Crippen molar-refractivity contribution in [2.45, 2.75) is 45.3 Å². The van der Waals surface area contributed by atoms with Gasteiger partial charge in [0.1, 0.15) is 17.1 Å². The van der Waals surface area contributed by atoms with Crippen LogP contribution < -0.4 is 11.5 Å². The molecule has 31 heavy (non-hydrogen) atoms. The molecule has 1 fully saturated rings. The Morgan fingerprint density at radius 2 is 1.84 bits per heavy atom. The van der Waals surface area contributed by atoms with E-state index in [0.717, 1.165) is 36.8 Å². The maximum Gasteiger partial charge on any atom is 0.298 e. The number of nitrogens with zero attached hydrogens (tertiary/aromatic N) is 3. The Morgan fingerprint density at radius 3 is 2.39 bits per heavy atom. The van der Waals surface area contributed by atoms with Gasteiger partial charge in [-0.25, -0.2) is 4.68 Å². The molecule has 8 nitrogen and oxygen atoms in total. The first-order valence-electron chi connectivity index (χ1n) is 10.4. The van der Waals surface area contributed by atoms with E-state index >= 15 is 0 Å². The number of methoxy groups -OCH3 is 1. The lowest BCUT2D eigenvalue weighted by atomic mass is 10.0. The summed E-state index contributed by atoms with van der Waals surface area (Å²) in [6.07, 6.45) is 3.18. The Balaban J connectivity index is 1.85. The van der Waals surface area contributed by atoms with Gasteiger partial charge in [-0.05, 0) is 44.1 Å². The van der Waals surface area contributed by atoms with E-state index in [4.69, 9.17) is 21.3 Å². The molecule has 4 N–H and O–H groups in total. The van der Waals surface area contributed by atoms with Crippen molar-refractivity contribution in [2.24, 2.45) is 5.73 Å². The molecular formula is C23H29N5O3. The van der Waals surface area contributed by atoms with E-state index in [1.54, 1.807) is 23.6 Å². The molecule has 2 amide bonds. The van der Waals surface area contributed by atoms with E-state index in [2.05, 4.69) is 11.8 Å². The highest BCUT2D eigenvalue weighted by molar-refractivity contribution is 6.03. The Morgan fingerprint density at radius 1 is 1.19 bits per heavy atom. The predicted molar refractivity (Wildman–Crippen MR) is 119 cm³/mol. The number of primary amides is 1. The van der Waals surface area contributed by atoms with Gasteiger partial charge in [0.15, 0.2) is 0 Å². The molecule has 2 heterocycles. The minimum absolute atomic E-state index is 0.0362. The quantitative estimate of drug-likeness (QED) is 0.716. The fourth-order valence-electron chi connectivity index (χ4n) is 4.02. The topological polar surface area (TPSA) is 116 Å². The van der Waals surface area contributed by atoms with Crippen LogP contribution in [0.1, 0.15) is 54.6 Å². The lowest BCUT2D eigenvalue weighted by Crippen LogP contribution is -2.34. The molecule has 0 radical (unpaired) electrons. The van der Waals surface area contributed by atoms with Gasteiger partial charge in [0, 0.05) is 25.8 Å².